The maximum Gasteiger partial charge on any atom is 0.256 e. The summed E-state index contributed by atoms with van der Waals surface area (Å²) in [6.07, 6.45) is -0.556. The van der Waals surface area contributed by atoms with E-state index in [2.05, 4.69) is 0 Å². The number of amides is 1. The fourth-order valence-electron chi connectivity index (χ4n) is 3.51. The molecule has 0 aromatic heterocycles. The number of ether oxygens (including phenoxy) is 3. The summed E-state index contributed by atoms with van der Waals surface area (Å²) in [4.78, 5) is 15.0. The van der Waals surface area contributed by atoms with E-state index < -0.39 is 12.1 Å². The summed E-state index contributed by atoms with van der Waals surface area (Å²) in [6, 6.07) is 10.3. The first-order valence-corrected chi connectivity index (χ1v) is 9.40. The Kier molecular flexibility index (Phi) is 6.44. The Morgan fingerprint density at radius 1 is 1.25 bits per heavy atom. The summed E-state index contributed by atoms with van der Waals surface area (Å²) >= 11 is 6.39. The Morgan fingerprint density at radius 3 is 2.68 bits per heavy atom. The lowest BCUT2D eigenvalue weighted by Gasteiger charge is -2.41. The van der Waals surface area contributed by atoms with Crippen LogP contribution in [-0.4, -0.2) is 56.0 Å². The van der Waals surface area contributed by atoms with Gasteiger partial charge in [0.1, 0.15) is 6.10 Å². The van der Waals surface area contributed by atoms with Crippen LogP contribution in [0.1, 0.15) is 27.5 Å². The number of rotatable bonds is 5. The lowest BCUT2D eigenvalue weighted by atomic mass is 9.96. The van der Waals surface area contributed by atoms with E-state index in [1.54, 1.807) is 37.3 Å². The number of hydrogen-bond acceptors (Lipinski definition) is 5. The third kappa shape index (κ3) is 3.81. The molecule has 3 rings (SSSR count). The highest BCUT2D eigenvalue weighted by Gasteiger charge is 2.37. The zero-order chi connectivity index (χ0) is 20.3. The fourth-order valence-corrected chi connectivity index (χ4v) is 3.72. The molecule has 28 heavy (non-hydrogen) atoms. The van der Waals surface area contributed by atoms with Gasteiger partial charge in [0.2, 0.25) is 0 Å². The van der Waals surface area contributed by atoms with E-state index in [1.807, 2.05) is 25.1 Å². The highest BCUT2D eigenvalue weighted by molar-refractivity contribution is 6.34. The average Bonchev–Trinajstić information content (AvgIpc) is 2.74. The summed E-state index contributed by atoms with van der Waals surface area (Å²) in [6.45, 7) is 2.37. The van der Waals surface area contributed by atoms with Crippen LogP contribution in [-0.2, 0) is 4.74 Å². The number of aryl methyl sites for hydroxylation is 1. The number of methoxy groups -OCH3 is 2. The Hall–Kier alpha value is -2.28. The van der Waals surface area contributed by atoms with E-state index in [0.717, 1.165) is 11.1 Å². The van der Waals surface area contributed by atoms with Crippen molar-refractivity contribution in [3.63, 3.8) is 0 Å². The highest BCUT2D eigenvalue weighted by Crippen LogP contribution is 2.37. The van der Waals surface area contributed by atoms with Gasteiger partial charge in [-0.1, -0.05) is 29.8 Å². The molecule has 6 nitrogen and oxygen atoms in total. The number of morpholine rings is 1. The number of benzene rings is 2. The van der Waals surface area contributed by atoms with E-state index in [0.29, 0.717) is 35.2 Å². The van der Waals surface area contributed by atoms with E-state index in [1.165, 1.54) is 0 Å². The van der Waals surface area contributed by atoms with Crippen LogP contribution in [0.15, 0.2) is 36.4 Å². The predicted molar refractivity (Wildman–Crippen MR) is 106 cm³/mol. The first-order chi connectivity index (χ1) is 13.5. The van der Waals surface area contributed by atoms with Crippen molar-refractivity contribution in [2.24, 2.45) is 0 Å². The molecule has 0 aliphatic carbocycles. The summed E-state index contributed by atoms with van der Waals surface area (Å²) in [5, 5.41) is 10.3. The molecule has 150 valence electrons. The molecule has 1 saturated heterocycles. The third-order valence-corrected chi connectivity index (χ3v) is 5.47. The van der Waals surface area contributed by atoms with Crippen LogP contribution in [0.2, 0.25) is 5.02 Å². The van der Waals surface area contributed by atoms with Gasteiger partial charge in [0.05, 0.1) is 44.1 Å². The molecule has 7 heteroatoms. The molecule has 1 N–H and O–H groups in total. The van der Waals surface area contributed by atoms with E-state index in [-0.39, 0.29) is 12.5 Å². The normalized spacial score (nSPS) is 19.4. The van der Waals surface area contributed by atoms with Crippen molar-refractivity contribution in [1.29, 1.82) is 0 Å². The molecule has 0 radical (unpaired) electrons. The lowest BCUT2D eigenvalue weighted by molar-refractivity contribution is -0.0811. The molecule has 2 aromatic rings. The van der Waals surface area contributed by atoms with Crippen LogP contribution in [0.3, 0.4) is 0 Å². The summed E-state index contributed by atoms with van der Waals surface area (Å²) in [5.74, 6) is 0.932. The molecule has 2 aromatic carbocycles. The van der Waals surface area contributed by atoms with Crippen molar-refractivity contribution in [1.82, 2.24) is 4.90 Å². The number of aliphatic hydroxyl groups is 1. The number of aliphatic hydroxyl groups excluding tert-OH is 1. The molecule has 1 fully saturated rings. The first-order valence-electron chi connectivity index (χ1n) is 9.02. The number of nitrogens with zero attached hydrogens (tertiary/aromatic N) is 1. The quantitative estimate of drug-likeness (QED) is 0.827. The Labute approximate surface area is 169 Å². The number of carbonyl (C=O) groups is 1. The largest absolute Gasteiger partial charge is 0.493 e. The third-order valence-electron chi connectivity index (χ3n) is 4.96. The average molecular weight is 406 g/mol. The van der Waals surface area contributed by atoms with Gasteiger partial charge in [0.25, 0.3) is 5.91 Å². The molecule has 0 bridgehead atoms. The second-order valence-electron chi connectivity index (χ2n) is 6.59. The number of carbonyl (C=O) groups excluding carboxylic acids is 1. The minimum absolute atomic E-state index is 0.199. The van der Waals surface area contributed by atoms with Crippen molar-refractivity contribution in [2.45, 2.75) is 19.1 Å². The highest BCUT2D eigenvalue weighted by atomic mass is 35.5. The van der Waals surface area contributed by atoms with Gasteiger partial charge in [-0.2, -0.15) is 0 Å². The summed E-state index contributed by atoms with van der Waals surface area (Å²) in [5.41, 5.74) is 2.06. The fraction of sp³-hybridized carbons (Fsp3) is 0.381. The molecule has 0 saturated carbocycles. The number of halogens is 1. The van der Waals surface area contributed by atoms with Gasteiger partial charge < -0.3 is 24.2 Å². The minimum atomic E-state index is -0.556. The molecule has 1 aliphatic heterocycles. The maximum atomic E-state index is 13.3. The van der Waals surface area contributed by atoms with E-state index >= 15 is 0 Å². The minimum Gasteiger partial charge on any atom is -0.493 e. The Bertz CT molecular complexity index is 857. The molecule has 2 atom stereocenters. The molecule has 1 amide bonds. The topological polar surface area (TPSA) is 68.2 Å². The van der Waals surface area contributed by atoms with Gasteiger partial charge in [-0.15, -0.1) is 0 Å². The van der Waals surface area contributed by atoms with Gasteiger partial charge >= 0.3 is 0 Å². The molecular formula is C21H24ClNO5. The van der Waals surface area contributed by atoms with E-state index in [4.69, 9.17) is 25.8 Å². The zero-order valence-electron chi connectivity index (χ0n) is 16.1. The molecule has 1 aliphatic rings. The van der Waals surface area contributed by atoms with Crippen LogP contribution in [0, 0.1) is 6.92 Å². The van der Waals surface area contributed by atoms with Gasteiger partial charge in [-0.25, -0.2) is 0 Å². The SMILES string of the molecule is COc1ccc([C@@H]2[C@@H](CO)OCCN2C(=O)c2cccc(C)c2Cl)cc1OC. The predicted octanol–water partition coefficient (Wildman–Crippen LogP) is 3.24. The molecule has 1 heterocycles. The monoisotopic (exact) mass is 405 g/mol. The molecule has 0 unspecified atom stereocenters. The second-order valence-corrected chi connectivity index (χ2v) is 6.96. The first kappa shape index (κ1) is 20.5. The van der Waals surface area contributed by atoms with Gasteiger partial charge in [0.15, 0.2) is 11.5 Å². The molecular weight excluding hydrogens is 382 g/mol. The summed E-state index contributed by atoms with van der Waals surface area (Å²) < 4.78 is 16.4. The van der Waals surface area contributed by atoms with E-state index in [9.17, 15) is 9.90 Å². The zero-order valence-corrected chi connectivity index (χ0v) is 16.9. The van der Waals surface area contributed by atoms with Crippen molar-refractivity contribution < 1.29 is 24.1 Å². The van der Waals surface area contributed by atoms with Crippen molar-refractivity contribution >= 4 is 17.5 Å². The van der Waals surface area contributed by atoms with Gasteiger partial charge in [-0.05, 0) is 36.2 Å². The van der Waals surface area contributed by atoms with Crippen LogP contribution < -0.4 is 9.47 Å². The van der Waals surface area contributed by atoms with Crippen molar-refractivity contribution in [3.8, 4) is 11.5 Å². The Morgan fingerprint density at radius 2 is 2.00 bits per heavy atom. The van der Waals surface area contributed by atoms with Crippen LogP contribution in [0.5, 0.6) is 11.5 Å². The van der Waals surface area contributed by atoms with Crippen molar-refractivity contribution in [3.05, 3.63) is 58.1 Å². The smallest absolute Gasteiger partial charge is 0.256 e. The summed E-state index contributed by atoms with van der Waals surface area (Å²) in [7, 11) is 3.12. The van der Waals surface area contributed by atoms with Gasteiger partial charge in [0, 0.05) is 6.54 Å². The maximum absolute atomic E-state index is 13.3. The number of hydrogen-bond donors (Lipinski definition) is 1. The lowest BCUT2D eigenvalue weighted by Crippen LogP contribution is -2.49. The standard InChI is InChI=1S/C21H24ClNO5/c1-13-5-4-6-15(19(13)22)21(25)23-9-10-28-18(12-24)20(23)14-7-8-16(26-2)17(11-14)27-3/h4-8,11,18,20,24H,9-10,12H2,1-3H3/t18-,20-/m1/s1. The van der Waals surface area contributed by atoms with Crippen LogP contribution in [0.25, 0.3) is 0 Å². The molecule has 0 spiro atoms. The van der Waals surface area contributed by atoms with Crippen LogP contribution in [0.4, 0.5) is 0 Å². The van der Waals surface area contributed by atoms with Gasteiger partial charge in [-0.3, -0.25) is 4.79 Å². The Balaban J connectivity index is 2.04. The van der Waals surface area contributed by atoms with Crippen LogP contribution >= 0.6 is 11.6 Å². The second kappa shape index (κ2) is 8.82. The van der Waals surface area contributed by atoms with Crippen molar-refractivity contribution in [2.75, 3.05) is 34.0 Å².